The van der Waals surface area contributed by atoms with Gasteiger partial charge in [-0.2, -0.15) is 4.98 Å². The Morgan fingerprint density at radius 2 is 2.00 bits per heavy atom. The summed E-state index contributed by atoms with van der Waals surface area (Å²) in [6.07, 6.45) is 4.90. The van der Waals surface area contributed by atoms with Crippen LogP contribution in [0.4, 0.5) is 0 Å². The van der Waals surface area contributed by atoms with Gasteiger partial charge in [-0.15, -0.1) is 0 Å². The summed E-state index contributed by atoms with van der Waals surface area (Å²) in [5.74, 6) is 1.30. The smallest absolute Gasteiger partial charge is 0.234 e. The molecule has 0 atom stereocenters. The molecule has 0 amide bonds. The van der Waals surface area contributed by atoms with E-state index < -0.39 is 0 Å². The fraction of sp³-hybridized carbons (Fsp3) is 0.467. The number of hydrogen-bond donors (Lipinski definition) is 1. The molecule has 4 nitrogen and oxygen atoms in total. The van der Waals surface area contributed by atoms with Crippen LogP contribution in [-0.2, 0) is 11.8 Å². The highest BCUT2D eigenvalue weighted by Gasteiger charge is 2.39. The third kappa shape index (κ3) is 2.93. The maximum Gasteiger partial charge on any atom is 0.234 e. The van der Waals surface area contributed by atoms with Gasteiger partial charge in [-0.3, -0.25) is 0 Å². The Bertz CT molecular complexity index is 636. The molecule has 1 aliphatic carbocycles. The monoisotopic (exact) mass is 325 g/mol. The standard InChI is InChI=1S/C15H17Cl2N3O/c16-11-4-3-10(12(17)8-11)7-13-19-14(21-20-13)15(9-18)5-1-2-6-15/h3-4,8H,1-2,5-7,9,18H2. The molecule has 21 heavy (non-hydrogen) atoms. The van der Waals surface area contributed by atoms with Gasteiger partial charge >= 0.3 is 0 Å². The quantitative estimate of drug-likeness (QED) is 0.929. The van der Waals surface area contributed by atoms with Crippen molar-refractivity contribution in [1.29, 1.82) is 0 Å². The normalized spacial score (nSPS) is 17.3. The average Bonchev–Trinajstić information content (AvgIpc) is 3.11. The summed E-state index contributed by atoms with van der Waals surface area (Å²) in [6, 6.07) is 5.41. The first-order chi connectivity index (χ1) is 10.1. The zero-order valence-corrected chi connectivity index (χ0v) is 13.1. The second-order valence-electron chi connectivity index (χ2n) is 5.62. The van der Waals surface area contributed by atoms with Crippen LogP contribution >= 0.6 is 23.2 Å². The van der Waals surface area contributed by atoms with E-state index in [1.165, 1.54) is 0 Å². The van der Waals surface area contributed by atoms with E-state index in [2.05, 4.69) is 10.1 Å². The Morgan fingerprint density at radius 1 is 1.24 bits per heavy atom. The largest absolute Gasteiger partial charge is 0.339 e. The van der Waals surface area contributed by atoms with Gasteiger partial charge in [0.1, 0.15) is 0 Å². The summed E-state index contributed by atoms with van der Waals surface area (Å²) in [5.41, 5.74) is 6.74. The average molecular weight is 326 g/mol. The molecule has 112 valence electrons. The van der Waals surface area contributed by atoms with Crippen molar-refractivity contribution in [3.63, 3.8) is 0 Å². The Labute approximate surface area is 133 Å². The summed E-state index contributed by atoms with van der Waals surface area (Å²) in [4.78, 5) is 4.54. The molecule has 0 radical (unpaired) electrons. The second kappa shape index (κ2) is 5.95. The number of nitrogens with zero attached hydrogens (tertiary/aromatic N) is 2. The van der Waals surface area contributed by atoms with Crippen LogP contribution in [-0.4, -0.2) is 16.7 Å². The summed E-state index contributed by atoms with van der Waals surface area (Å²) >= 11 is 12.1. The third-order valence-corrected chi connectivity index (χ3v) is 4.82. The molecule has 0 spiro atoms. The van der Waals surface area contributed by atoms with E-state index in [0.717, 1.165) is 31.2 Å². The highest BCUT2D eigenvalue weighted by atomic mass is 35.5. The molecule has 0 unspecified atom stereocenters. The van der Waals surface area contributed by atoms with E-state index in [9.17, 15) is 0 Å². The second-order valence-corrected chi connectivity index (χ2v) is 6.46. The first kappa shape index (κ1) is 14.8. The Morgan fingerprint density at radius 3 is 2.67 bits per heavy atom. The van der Waals surface area contributed by atoms with Crippen LogP contribution in [0.2, 0.25) is 10.0 Å². The van der Waals surface area contributed by atoms with Gasteiger partial charge in [-0.05, 0) is 30.5 Å². The zero-order chi connectivity index (χ0) is 14.9. The van der Waals surface area contributed by atoms with E-state index in [4.69, 9.17) is 33.5 Å². The van der Waals surface area contributed by atoms with Gasteiger partial charge in [-0.1, -0.05) is 47.3 Å². The Kier molecular flexibility index (Phi) is 4.20. The number of benzene rings is 1. The van der Waals surface area contributed by atoms with Gasteiger partial charge in [-0.25, -0.2) is 0 Å². The number of aromatic nitrogens is 2. The fourth-order valence-corrected chi connectivity index (χ4v) is 3.41. The van der Waals surface area contributed by atoms with Crippen LogP contribution in [0.3, 0.4) is 0 Å². The summed E-state index contributed by atoms with van der Waals surface area (Å²) in [7, 11) is 0. The minimum atomic E-state index is -0.130. The van der Waals surface area contributed by atoms with E-state index >= 15 is 0 Å². The van der Waals surface area contributed by atoms with Crippen molar-refractivity contribution in [2.45, 2.75) is 37.5 Å². The molecule has 1 aromatic heterocycles. The lowest BCUT2D eigenvalue weighted by molar-refractivity contribution is 0.283. The van der Waals surface area contributed by atoms with Gasteiger partial charge in [0, 0.05) is 23.0 Å². The number of halogens is 2. The Balaban J connectivity index is 1.82. The van der Waals surface area contributed by atoms with Crippen LogP contribution < -0.4 is 5.73 Å². The summed E-state index contributed by atoms with van der Waals surface area (Å²) < 4.78 is 5.47. The highest BCUT2D eigenvalue weighted by Crippen LogP contribution is 2.39. The molecule has 1 saturated carbocycles. The van der Waals surface area contributed by atoms with Gasteiger partial charge in [0.2, 0.25) is 5.89 Å². The van der Waals surface area contributed by atoms with Gasteiger partial charge in [0.25, 0.3) is 0 Å². The first-order valence-electron chi connectivity index (χ1n) is 7.10. The zero-order valence-electron chi connectivity index (χ0n) is 11.6. The minimum absolute atomic E-state index is 0.130. The molecule has 2 aromatic rings. The van der Waals surface area contributed by atoms with Crippen molar-refractivity contribution in [3.8, 4) is 0 Å². The molecule has 1 heterocycles. The van der Waals surface area contributed by atoms with E-state index in [0.29, 0.717) is 34.7 Å². The molecular weight excluding hydrogens is 309 g/mol. The van der Waals surface area contributed by atoms with E-state index in [1.54, 1.807) is 6.07 Å². The molecular formula is C15H17Cl2N3O. The lowest BCUT2D eigenvalue weighted by atomic mass is 9.86. The molecule has 1 aliphatic rings. The van der Waals surface area contributed by atoms with Crippen LogP contribution in [0.25, 0.3) is 0 Å². The van der Waals surface area contributed by atoms with Crippen molar-refractivity contribution in [1.82, 2.24) is 10.1 Å². The molecule has 6 heteroatoms. The highest BCUT2D eigenvalue weighted by molar-refractivity contribution is 6.35. The van der Waals surface area contributed by atoms with Crippen LogP contribution in [0, 0.1) is 0 Å². The van der Waals surface area contributed by atoms with Crippen molar-refractivity contribution in [3.05, 3.63) is 45.5 Å². The molecule has 3 rings (SSSR count). The molecule has 1 fully saturated rings. The van der Waals surface area contributed by atoms with E-state index in [1.807, 2.05) is 12.1 Å². The SMILES string of the molecule is NCC1(c2nc(Cc3ccc(Cl)cc3Cl)no2)CCCC1. The molecule has 1 aromatic carbocycles. The molecule has 2 N–H and O–H groups in total. The Hall–Kier alpha value is -1.10. The third-order valence-electron chi connectivity index (χ3n) is 4.24. The predicted octanol–water partition coefficient (Wildman–Crippen LogP) is 3.74. The molecule has 0 aliphatic heterocycles. The van der Waals surface area contributed by atoms with Gasteiger partial charge in [0.15, 0.2) is 5.82 Å². The van der Waals surface area contributed by atoms with Gasteiger partial charge < -0.3 is 10.3 Å². The van der Waals surface area contributed by atoms with Crippen LogP contribution in [0.5, 0.6) is 0 Å². The fourth-order valence-electron chi connectivity index (χ4n) is 2.93. The van der Waals surface area contributed by atoms with Crippen LogP contribution in [0.15, 0.2) is 22.7 Å². The van der Waals surface area contributed by atoms with Crippen molar-refractivity contribution >= 4 is 23.2 Å². The first-order valence-corrected chi connectivity index (χ1v) is 7.86. The molecule has 0 saturated heterocycles. The van der Waals surface area contributed by atoms with Crippen LogP contribution in [0.1, 0.15) is 43.0 Å². The van der Waals surface area contributed by atoms with Gasteiger partial charge in [0.05, 0.1) is 5.41 Å². The minimum Gasteiger partial charge on any atom is -0.339 e. The maximum absolute atomic E-state index is 6.18. The molecule has 0 bridgehead atoms. The van der Waals surface area contributed by atoms with Crippen molar-refractivity contribution in [2.24, 2.45) is 5.73 Å². The lowest BCUT2D eigenvalue weighted by Crippen LogP contribution is -2.32. The van der Waals surface area contributed by atoms with Crippen molar-refractivity contribution < 1.29 is 4.52 Å². The summed E-state index contributed by atoms with van der Waals surface area (Å²) in [6.45, 7) is 0.552. The predicted molar refractivity (Wildman–Crippen MR) is 82.8 cm³/mol. The topological polar surface area (TPSA) is 64.9 Å². The number of rotatable bonds is 4. The maximum atomic E-state index is 6.18. The van der Waals surface area contributed by atoms with E-state index in [-0.39, 0.29) is 5.41 Å². The summed E-state index contributed by atoms with van der Waals surface area (Å²) in [5, 5.41) is 5.31. The lowest BCUT2D eigenvalue weighted by Gasteiger charge is -2.21. The number of nitrogens with two attached hydrogens (primary N) is 1. The van der Waals surface area contributed by atoms with Crippen molar-refractivity contribution in [2.75, 3.05) is 6.54 Å². The number of hydrogen-bond acceptors (Lipinski definition) is 4.